The summed E-state index contributed by atoms with van der Waals surface area (Å²) in [4.78, 5) is 32.4. The molecule has 2 rings (SSSR count). The van der Waals surface area contributed by atoms with Gasteiger partial charge in [-0.2, -0.15) is 0 Å². The lowest BCUT2D eigenvalue weighted by molar-refractivity contribution is -0.116. The molecule has 0 atom stereocenters. The van der Waals surface area contributed by atoms with Crippen molar-refractivity contribution < 1.29 is 9.59 Å². The lowest BCUT2D eigenvalue weighted by Crippen LogP contribution is -2.38. The minimum Gasteiger partial charge on any atom is -0.329 e. The van der Waals surface area contributed by atoms with E-state index in [1.54, 1.807) is 11.1 Å². The predicted molar refractivity (Wildman–Crippen MR) is 121 cm³/mol. The Morgan fingerprint density at radius 3 is 2.34 bits per heavy atom. The highest BCUT2D eigenvalue weighted by Crippen LogP contribution is 2.17. The van der Waals surface area contributed by atoms with Crippen LogP contribution in [0.25, 0.3) is 0 Å². The molecule has 1 aromatic carbocycles. The summed E-state index contributed by atoms with van der Waals surface area (Å²) in [7, 11) is 0. The van der Waals surface area contributed by atoms with Crippen molar-refractivity contribution in [1.82, 2.24) is 9.88 Å². The number of benzene rings is 1. The maximum atomic E-state index is 13.0. The zero-order valence-electron chi connectivity index (χ0n) is 17.9. The van der Waals surface area contributed by atoms with Crippen LogP contribution in [0.1, 0.15) is 73.2 Å². The molecular formula is C23H33N3O2S. The minimum atomic E-state index is -0.208. The molecule has 0 saturated carbocycles. The molecule has 5 nitrogen and oxygen atoms in total. The Bertz CT molecular complexity index is 771. The van der Waals surface area contributed by atoms with E-state index in [4.69, 9.17) is 0 Å². The van der Waals surface area contributed by atoms with E-state index in [0.717, 1.165) is 30.6 Å². The summed E-state index contributed by atoms with van der Waals surface area (Å²) in [6.45, 7) is 6.89. The first-order chi connectivity index (χ1) is 14.0. The van der Waals surface area contributed by atoms with Crippen LogP contribution in [0.3, 0.4) is 0 Å². The van der Waals surface area contributed by atoms with Crippen LogP contribution < -0.4 is 5.32 Å². The average Bonchev–Trinajstić information content (AvgIpc) is 3.12. The number of hydrogen-bond donors (Lipinski definition) is 1. The molecule has 0 spiro atoms. The van der Waals surface area contributed by atoms with Gasteiger partial charge in [-0.15, -0.1) is 11.3 Å². The third-order valence-electron chi connectivity index (χ3n) is 4.79. The number of thiazole rings is 1. The monoisotopic (exact) mass is 415 g/mol. The number of aryl methyl sites for hydroxylation is 2. The molecule has 1 heterocycles. The van der Waals surface area contributed by atoms with E-state index in [2.05, 4.69) is 24.1 Å². The fourth-order valence-electron chi connectivity index (χ4n) is 3.13. The molecule has 0 aliphatic carbocycles. The summed E-state index contributed by atoms with van der Waals surface area (Å²) in [5, 5.41) is 3.38. The van der Waals surface area contributed by atoms with E-state index in [1.807, 2.05) is 31.2 Å². The number of unbranched alkanes of at least 4 members (excludes halogenated alkanes) is 4. The molecule has 0 bridgehead atoms. The summed E-state index contributed by atoms with van der Waals surface area (Å²) in [5.74, 6) is -0.299. The van der Waals surface area contributed by atoms with Crippen LogP contribution in [0.5, 0.6) is 0 Å². The van der Waals surface area contributed by atoms with Crippen LogP contribution in [0.15, 0.2) is 30.5 Å². The predicted octanol–water partition coefficient (Wildman–Crippen LogP) is 5.46. The van der Waals surface area contributed by atoms with Gasteiger partial charge in [0.05, 0.1) is 0 Å². The fourth-order valence-corrected chi connectivity index (χ4v) is 3.81. The van der Waals surface area contributed by atoms with Gasteiger partial charge in [-0.3, -0.25) is 9.59 Å². The lowest BCUT2D eigenvalue weighted by atomic mass is 10.0. The van der Waals surface area contributed by atoms with Gasteiger partial charge in [0, 0.05) is 23.2 Å². The first-order valence-electron chi connectivity index (χ1n) is 10.6. The summed E-state index contributed by atoms with van der Waals surface area (Å²) in [6, 6.07) is 7.84. The minimum absolute atomic E-state index is 0.0411. The van der Waals surface area contributed by atoms with E-state index in [-0.39, 0.29) is 18.4 Å². The third-order valence-corrected chi connectivity index (χ3v) is 5.62. The Kier molecular flexibility index (Phi) is 9.84. The van der Waals surface area contributed by atoms with Gasteiger partial charge in [-0.05, 0) is 43.9 Å². The first-order valence-corrected chi connectivity index (χ1v) is 11.5. The molecule has 1 N–H and O–H groups in total. The van der Waals surface area contributed by atoms with Gasteiger partial charge in [0.25, 0.3) is 5.91 Å². The molecule has 0 saturated heterocycles. The van der Waals surface area contributed by atoms with Gasteiger partial charge in [-0.25, -0.2) is 4.98 Å². The highest BCUT2D eigenvalue weighted by atomic mass is 32.1. The van der Waals surface area contributed by atoms with Gasteiger partial charge in [0.2, 0.25) is 5.91 Å². The first kappa shape index (κ1) is 23.1. The second-order valence-electron chi connectivity index (χ2n) is 7.41. The number of carbonyl (C=O) groups is 2. The Morgan fingerprint density at radius 1 is 1.03 bits per heavy atom. The van der Waals surface area contributed by atoms with Gasteiger partial charge in [0.1, 0.15) is 6.54 Å². The van der Waals surface area contributed by atoms with Gasteiger partial charge < -0.3 is 10.2 Å². The van der Waals surface area contributed by atoms with Crippen molar-refractivity contribution in [3.63, 3.8) is 0 Å². The van der Waals surface area contributed by atoms with Crippen molar-refractivity contribution >= 4 is 28.3 Å². The number of carbonyl (C=O) groups excluding carboxylic acids is 2. The number of amides is 2. The Morgan fingerprint density at radius 2 is 1.72 bits per heavy atom. The summed E-state index contributed by atoms with van der Waals surface area (Å²) >= 11 is 1.43. The van der Waals surface area contributed by atoms with E-state index < -0.39 is 0 Å². The molecule has 1 aromatic heterocycles. The second-order valence-corrected chi connectivity index (χ2v) is 8.65. The molecule has 29 heavy (non-hydrogen) atoms. The SMILES string of the molecule is CCCCCc1ccc(C(=O)N(CCCCC)CC(=O)Nc2ncc(C)s2)cc1. The summed E-state index contributed by atoms with van der Waals surface area (Å²) < 4.78 is 0. The molecule has 0 radical (unpaired) electrons. The number of aromatic nitrogens is 1. The van der Waals surface area contributed by atoms with Crippen molar-refractivity contribution in [1.29, 1.82) is 0 Å². The number of anilines is 1. The van der Waals surface area contributed by atoms with E-state index >= 15 is 0 Å². The lowest BCUT2D eigenvalue weighted by Gasteiger charge is -2.22. The van der Waals surface area contributed by atoms with Crippen LogP contribution in [0, 0.1) is 6.92 Å². The van der Waals surface area contributed by atoms with E-state index in [9.17, 15) is 9.59 Å². The van der Waals surface area contributed by atoms with Crippen LogP contribution in [-0.4, -0.2) is 34.8 Å². The van der Waals surface area contributed by atoms with Gasteiger partial charge in [0.15, 0.2) is 5.13 Å². The average molecular weight is 416 g/mol. The Labute approximate surface area is 178 Å². The van der Waals surface area contributed by atoms with Crippen molar-refractivity contribution in [3.8, 4) is 0 Å². The standard InChI is InChI=1S/C23H33N3O2S/c1-4-6-8-10-19-11-13-20(14-12-19)22(28)26(15-9-7-5-2)17-21(27)25-23-24-16-18(3)29-23/h11-14,16H,4-10,15,17H2,1-3H3,(H,24,25,27). The molecule has 2 aromatic rings. The molecule has 0 aliphatic rings. The fraction of sp³-hybridized carbons (Fsp3) is 0.522. The van der Waals surface area contributed by atoms with Crippen LogP contribution in [-0.2, 0) is 11.2 Å². The van der Waals surface area contributed by atoms with Crippen molar-refractivity contribution in [3.05, 3.63) is 46.5 Å². The topological polar surface area (TPSA) is 62.3 Å². The van der Waals surface area contributed by atoms with Crippen LogP contribution in [0.2, 0.25) is 0 Å². The third kappa shape index (κ3) is 7.97. The largest absolute Gasteiger partial charge is 0.329 e. The Balaban J connectivity index is 2.01. The molecule has 2 amide bonds. The highest BCUT2D eigenvalue weighted by Gasteiger charge is 2.19. The number of rotatable bonds is 12. The van der Waals surface area contributed by atoms with Crippen molar-refractivity contribution in [2.45, 2.75) is 65.7 Å². The maximum Gasteiger partial charge on any atom is 0.254 e. The molecule has 158 valence electrons. The second kappa shape index (κ2) is 12.4. The quantitative estimate of drug-likeness (QED) is 0.469. The van der Waals surface area contributed by atoms with Gasteiger partial charge in [-0.1, -0.05) is 51.7 Å². The van der Waals surface area contributed by atoms with E-state index in [0.29, 0.717) is 17.2 Å². The van der Waals surface area contributed by atoms with Crippen molar-refractivity contribution in [2.75, 3.05) is 18.4 Å². The number of hydrogen-bond acceptors (Lipinski definition) is 4. The summed E-state index contributed by atoms with van der Waals surface area (Å²) in [6.07, 6.45) is 9.35. The molecular weight excluding hydrogens is 382 g/mol. The van der Waals surface area contributed by atoms with Gasteiger partial charge >= 0.3 is 0 Å². The van der Waals surface area contributed by atoms with E-state index in [1.165, 1.54) is 36.2 Å². The number of nitrogens with zero attached hydrogens (tertiary/aromatic N) is 2. The summed E-state index contributed by atoms with van der Waals surface area (Å²) in [5.41, 5.74) is 1.89. The Hall–Kier alpha value is -2.21. The highest BCUT2D eigenvalue weighted by molar-refractivity contribution is 7.15. The number of nitrogens with one attached hydrogen (secondary N) is 1. The molecule has 6 heteroatoms. The molecule has 0 unspecified atom stereocenters. The molecule has 0 fully saturated rings. The van der Waals surface area contributed by atoms with Crippen molar-refractivity contribution in [2.24, 2.45) is 0 Å². The maximum absolute atomic E-state index is 13.0. The smallest absolute Gasteiger partial charge is 0.254 e. The zero-order valence-corrected chi connectivity index (χ0v) is 18.7. The van der Waals surface area contributed by atoms with Crippen LogP contribution in [0.4, 0.5) is 5.13 Å². The normalized spacial score (nSPS) is 10.7. The zero-order chi connectivity index (χ0) is 21.1. The molecule has 0 aliphatic heterocycles. The van der Waals surface area contributed by atoms with Crippen LogP contribution >= 0.6 is 11.3 Å².